The first-order valence-corrected chi connectivity index (χ1v) is 13.5. The Kier molecular flexibility index (Phi) is 6.94. The van der Waals surface area contributed by atoms with E-state index < -0.39 is 31.3 Å². The van der Waals surface area contributed by atoms with Gasteiger partial charge in [0.1, 0.15) is 0 Å². The molecule has 2 aromatic carbocycles. The van der Waals surface area contributed by atoms with Crippen molar-refractivity contribution < 1.29 is 31.0 Å². The fourth-order valence-electron chi connectivity index (χ4n) is 4.84. The maximum absolute atomic E-state index is 12.0. The van der Waals surface area contributed by atoms with Crippen molar-refractivity contribution in [3.05, 3.63) is 71.3 Å². The summed E-state index contributed by atoms with van der Waals surface area (Å²) >= 11 is 0. The summed E-state index contributed by atoms with van der Waals surface area (Å²) in [5, 5.41) is 10.7. The SMILES string of the molecule is C=CC1(O)CCC(Cc2cc(C)ccc2S(=O)(=O)O)(Cc2cc(C)ccc2S(=O)(=O)O)CC1. The monoisotopic (exact) mass is 494 g/mol. The first-order valence-electron chi connectivity index (χ1n) is 10.7. The molecule has 2 aromatic rings. The Morgan fingerprint density at radius 1 is 0.818 bits per heavy atom. The molecule has 0 heterocycles. The Morgan fingerprint density at radius 3 is 1.55 bits per heavy atom. The third-order valence-corrected chi connectivity index (χ3v) is 8.58. The second-order valence-electron chi connectivity index (χ2n) is 9.33. The Labute approximate surface area is 195 Å². The van der Waals surface area contributed by atoms with E-state index in [-0.39, 0.29) is 22.6 Å². The van der Waals surface area contributed by atoms with Gasteiger partial charge in [0.05, 0.1) is 15.4 Å². The summed E-state index contributed by atoms with van der Waals surface area (Å²) < 4.78 is 67.7. The van der Waals surface area contributed by atoms with Crippen LogP contribution in [0.1, 0.15) is 47.9 Å². The molecule has 1 aliphatic carbocycles. The zero-order valence-corrected chi connectivity index (χ0v) is 20.4. The molecule has 0 aliphatic heterocycles. The van der Waals surface area contributed by atoms with Gasteiger partial charge in [-0.25, -0.2) is 0 Å². The van der Waals surface area contributed by atoms with Crippen molar-refractivity contribution in [2.45, 2.75) is 67.8 Å². The van der Waals surface area contributed by atoms with E-state index in [1.807, 2.05) is 13.8 Å². The van der Waals surface area contributed by atoms with Crippen LogP contribution in [-0.2, 0) is 33.1 Å². The van der Waals surface area contributed by atoms with Crippen molar-refractivity contribution in [1.29, 1.82) is 0 Å². The lowest BCUT2D eigenvalue weighted by Gasteiger charge is -2.44. The number of aryl methyl sites for hydroxylation is 2. The summed E-state index contributed by atoms with van der Waals surface area (Å²) in [5.74, 6) is 0. The van der Waals surface area contributed by atoms with Gasteiger partial charge in [0.2, 0.25) is 0 Å². The maximum Gasteiger partial charge on any atom is 0.294 e. The van der Waals surface area contributed by atoms with Gasteiger partial charge < -0.3 is 5.11 Å². The highest BCUT2D eigenvalue weighted by Gasteiger charge is 2.42. The highest BCUT2D eigenvalue weighted by atomic mass is 32.2. The molecule has 0 amide bonds. The van der Waals surface area contributed by atoms with Crippen LogP contribution in [0.5, 0.6) is 0 Å². The van der Waals surface area contributed by atoms with Gasteiger partial charge in [-0.3, -0.25) is 9.11 Å². The van der Waals surface area contributed by atoms with E-state index in [0.29, 0.717) is 36.8 Å². The van der Waals surface area contributed by atoms with Gasteiger partial charge in [-0.1, -0.05) is 41.5 Å². The molecule has 180 valence electrons. The van der Waals surface area contributed by atoms with Gasteiger partial charge in [-0.2, -0.15) is 16.8 Å². The molecule has 0 unspecified atom stereocenters. The van der Waals surface area contributed by atoms with Crippen LogP contribution in [0.3, 0.4) is 0 Å². The predicted octanol–water partition coefficient (Wildman–Crippen LogP) is 4.06. The van der Waals surface area contributed by atoms with E-state index in [1.165, 1.54) is 18.2 Å². The van der Waals surface area contributed by atoms with Crippen molar-refractivity contribution in [3.8, 4) is 0 Å². The Hall–Kier alpha value is -2.04. The van der Waals surface area contributed by atoms with Crippen LogP contribution in [0.15, 0.2) is 58.8 Å². The second-order valence-corrected chi connectivity index (χ2v) is 12.1. The molecule has 1 aliphatic rings. The average Bonchev–Trinajstić information content (AvgIpc) is 2.69. The van der Waals surface area contributed by atoms with Crippen molar-refractivity contribution in [3.63, 3.8) is 0 Å². The summed E-state index contributed by atoms with van der Waals surface area (Å²) in [6.45, 7) is 7.35. The molecule has 0 radical (unpaired) electrons. The van der Waals surface area contributed by atoms with Crippen LogP contribution >= 0.6 is 0 Å². The van der Waals surface area contributed by atoms with E-state index in [9.17, 15) is 31.0 Å². The zero-order valence-electron chi connectivity index (χ0n) is 18.8. The number of benzene rings is 2. The highest BCUT2D eigenvalue weighted by Crippen LogP contribution is 2.47. The summed E-state index contributed by atoms with van der Waals surface area (Å²) in [6.07, 6.45) is 3.67. The van der Waals surface area contributed by atoms with Crippen molar-refractivity contribution in [2.75, 3.05) is 0 Å². The van der Waals surface area contributed by atoms with Crippen molar-refractivity contribution in [2.24, 2.45) is 5.41 Å². The topological polar surface area (TPSA) is 129 Å². The zero-order chi connectivity index (χ0) is 24.7. The van der Waals surface area contributed by atoms with Crippen LogP contribution in [-0.4, -0.2) is 36.6 Å². The summed E-state index contributed by atoms with van der Waals surface area (Å²) in [4.78, 5) is -0.368. The van der Waals surface area contributed by atoms with Gasteiger partial charge in [0.25, 0.3) is 20.2 Å². The molecule has 0 saturated heterocycles. The molecule has 7 nitrogen and oxygen atoms in total. The molecule has 0 atom stereocenters. The third kappa shape index (κ3) is 5.91. The second kappa shape index (κ2) is 8.96. The Morgan fingerprint density at radius 2 is 1.21 bits per heavy atom. The van der Waals surface area contributed by atoms with Crippen LogP contribution in [0.25, 0.3) is 0 Å². The van der Waals surface area contributed by atoms with Gasteiger partial charge in [-0.05, 0) is 81.0 Å². The normalized spacial score (nSPS) is 18.1. The summed E-state index contributed by atoms with van der Waals surface area (Å²) in [7, 11) is -8.94. The molecular formula is C24H30O7S2. The smallest absolute Gasteiger partial charge is 0.294 e. The number of hydrogen-bond acceptors (Lipinski definition) is 5. The predicted molar refractivity (Wildman–Crippen MR) is 125 cm³/mol. The number of rotatable bonds is 7. The fraction of sp³-hybridized carbons (Fsp3) is 0.417. The molecular weight excluding hydrogens is 464 g/mol. The molecule has 1 saturated carbocycles. The third-order valence-electron chi connectivity index (χ3n) is 6.68. The van der Waals surface area contributed by atoms with E-state index in [2.05, 4.69) is 6.58 Å². The van der Waals surface area contributed by atoms with Gasteiger partial charge in [-0.15, -0.1) is 6.58 Å². The minimum atomic E-state index is -4.47. The van der Waals surface area contributed by atoms with Crippen molar-refractivity contribution in [1.82, 2.24) is 0 Å². The number of aliphatic hydroxyl groups is 1. The molecule has 0 bridgehead atoms. The Bertz CT molecular complexity index is 1180. The van der Waals surface area contributed by atoms with Gasteiger partial charge in [0.15, 0.2) is 0 Å². The summed E-state index contributed by atoms with van der Waals surface area (Å²) in [6, 6.07) is 9.36. The largest absolute Gasteiger partial charge is 0.386 e. The molecule has 3 rings (SSSR count). The molecule has 33 heavy (non-hydrogen) atoms. The molecule has 1 fully saturated rings. The van der Waals surface area contributed by atoms with Gasteiger partial charge in [0, 0.05) is 0 Å². The molecule has 0 aromatic heterocycles. The minimum Gasteiger partial charge on any atom is -0.386 e. The van der Waals surface area contributed by atoms with E-state index in [0.717, 1.165) is 11.1 Å². The van der Waals surface area contributed by atoms with E-state index in [4.69, 9.17) is 0 Å². The lowest BCUT2D eigenvalue weighted by atomic mass is 9.63. The lowest BCUT2D eigenvalue weighted by molar-refractivity contribution is 0.00314. The van der Waals surface area contributed by atoms with Crippen LogP contribution in [0.4, 0.5) is 0 Å². The Balaban J connectivity index is 2.13. The van der Waals surface area contributed by atoms with Crippen LogP contribution in [0, 0.1) is 19.3 Å². The highest BCUT2D eigenvalue weighted by molar-refractivity contribution is 7.86. The standard InChI is InChI=1S/C24H30O7S2/c1-4-24(25)11-9-23(10-12-24,15-19-13-17(2)5-7-21(19)32(26,27)28)16-20-14-18(3)6-8-22(20)33(29,30)31/h4-8,13-14,25H,1,9-12,15-16H2,2-3H3,(H,26,27,28)(H,29,30,31). The van der Waals surface area contributed by atoms with E-state index >= 15 is 0 Å². The average molecular weight is 495 g/mol. The van der Waals surface area contributed by atoms with Crippen molar-refractivity contribution >= 4 is 20.2 Å². The quantitative estimate of drug-likeness (QED) is 0.391. The first kappa shape index (κ1) is 25.6. The minimum absolute atomic E-state index is 0.184. The van der Waals surface area contributed by atoms with Gasteiger partial charge >= 0.3 is 0 Å². The number of hydrogen-bond donors (Lipinski definition) is 3. The lowest BCUT2D eigenvalue weighted by Crippen LogP contribution is -2.40. The maximum atomic E-state index is 12.0. The van der Waals surface area contributed by atoms with Crippen LogP contribution < -0.4 is 0 Å². The first-order chi connectivity index (χ1) is 15.2. The molecule has 3 N–H and O–H groups in total. The molecule has 9 heteroatoms. The van der Waals surface area contributed by atoms with E-state index in [1.54, 1.807) is 24.3 Å². The van der Waals surface area contributed by atoms with Crippen LogP contribution in [0.2, 0.25) is 0 Å². The summed E-state index contributed by atoms with van der Waals surface area (Å²) in [5.41, 5.74) is 0.835. The molecule has 0 spiro atoms. The fourth-order valence-corrected chi connectivity index (χ4v) is 6.24.